The van der Waals surface area contributed by atoms with Crippen LogP contribution in [0.25, 0.3) is 0 Å². The number of hydrogen-bond donors (Lipinski definition) is 2. The number of rotatable bonds is 1. The number of alkyl halides is 3. The number of nitrogens with one attached hydrogen (secondary N) is 1. The van der Waals surface area contributed by atoms with E-state index in [4.69, 9.17) is 10.5 Å². The number of ether oxygens (including phenoxy) is 1. The molecule has 0 heterocycles. The van der Waals surface area contributed by atoms with Crippen molar-refractivity contribution in [3.8, 4) is 0 Å². The molecule has 0 aliphatic heterocycles. The molecule has 0 aliphatic carbocycles. The average molecular weight is 171 g/mol. The van der Waals surface area contributed by atoms with Crippen molar-refractivity contribution in [3.63, 3.8) is 0 Å². The first-order valence-electron chi connectivity index (χ1n) is 2.35. The molecule has 7 heteroatoms. The minimum absolute atomic E-state index is 1.04. The second-order valence-corrected chi connectivity index (χ2v) is 1.47. The predicted octanol–water partition coefficient (Wildman–Crippen LogP) is 0.0615. The molecule has 0 fully saturated rings. The molecule has 4 nitrogen and oxygen atoms in total. The molecule has 11 heavy (non-hydrogen) atoms. The minimum Gasteiger partial charge on any atom is -0.403 e. The van der Waals surface area contributed by atoms with Gasteiger partial charge in [-0.25, -0.2) is 4.79 Å². The molecule has 0 saturated carbocycles. The Morgan fingerprint density at radius 1 is 1.55 bits per heavy atom. The molecule has 0 spiro atoms. The Morgan fingerprint density at radius 3 is 2.27 bits per heavy atom. The third-order valence-electron chi connectivity index (χ3n) is 0.591. The lowest BCUT2D eigenvalue weighted by Crippen LogP contribution is -2.28. The maximum absolute atomic E-state index is 11.3. The van der Waals surface area contributed by atoms with Gasteiger partial charge in [-0.05, 0) is 0 Å². The standard InChI is InChI=1S/C4H4F3NO3/c5-4(6,7)3(10)11-2(8)1-9/h8-9H,1H2. The monoisotopic (exact) mass is 171 g/mol. The minimum atomic E-state index is -5.12. The highest BCUT2D eigenvalue weighted by Crippen LogP contribution is 2.16. The summed E-state index contributed by atoms with van der Waals surface area (Å²) in [7, 11) is 0. The lowest BCUT2D eigenvalue weighted by molar-refractivity contribution is -0.191. The number of carbonyl (C=O) groups is 1. The van der Waals surface area contributed by atoms with Gasteiger partial charge in [0, 0.05) is 0 Å². The summed E-state index contributed by atoms with van der Waals surface area (Å²) in [5.74, 6) is -3.64. The van der Waals surface area contributed by atoms with Gasteiger partial charge in [-0.3, -0.25) is 5.41 Å². The van der Waals surface area contributed by atoms with E-state index in [0.717, 1.165) is 0 Å². The molecule has 0 rings (SSSR count). The van der Waals surface area contributed by atoms with E-state index >= 15 is 0 Å². The van der Waals surface area contributed by atoms with Crippen LogP contribution >= 0.6 is 0 Å². The van der Waals surface area contributed by atoms with Gasteiger partial charge in [-0.2, -0.15) is 13.2 Å². The maximum Gasteiger partial charge on any atom is 0.491 e. The molecule has 0 saturated heterocycles. The summed E-state index contributed by atoms with van der Waals surface area (Å²) in [5.41, 5.74) is 0. The SMILES string of the molecule is N=C(CO)OC(=O)C(F)(F)F. The largest absolute Gasteiger partial charge is 0.491 e. The summed E-state index contributed by atoms with van der Waals surface area (Å²) < 4.78 is 37.2. The lowest BCUT2D eigenvalue weighted by Gasteiger charge is -2.04. The van der Waals surface area contributed by atoms with E-state index in [1.807, 2.05) is 0 Å². The van der Waals surface area contributed by atoms with Crippen molar-refractivity contribution in [3.05, 3.63) is 0 Å². The summed E-state index contributed by atoms with van der Waals surface area (Å²) in [5, 5.41) is 14.3. The number of aliphatic hydroxyl groups excluding tert-OH is 1. The smallest absolute Gasteiger partial charge is 0.403 e. The summed E-state index contributed by atoms with van der Waals surface area (Å²) in [6.07, 6.45) is -5.12. The Bertz CT molecular complexity index is 176. The lowest BCUT2D eigenvalue weighted by atomic mass is 10.6. The molecule has 0 aromatic carbocycles. The van der Waals surface area contributed by atoms with Gasteiger partial charge in [0.15, 0.2) is 0 Å². The summed E-state index contributed by atoms with van der Waals surface area (Å²) in [6, 6.07) is 0. The van der Waals surface area contributed by atoms with Crippen LogP contribution in [-0.4, -0.2) is 29.8 Å². The third kappa shape index (κ3) is 3.56. The second kappa shape index (κ2) is 3.33. The molecule has 0 radical (unpaired) electrons. The van der Waals surface area contributed by atoms with Crippen LogP contribution < -0.4 is 0 Å². The average Bonchev–Trinajstić information content (AvgIpc) is 1.85. The predicted molar refractivity (Wildman–Crippen MR) is 27.0 cm³/mol. The highest BCUT2D eigenvalue weighted by Gasteiger charge is 2.41. The van der Waals surface area contributed by atoms with Crippen LogP contribution in [0, 0.1) is 5.41 Å². The molecular weight excluding hydrogens is 167 g/mol. The van der Waals surface area contributed by atoms with E-state index in [2.05, 4.69) is 4.74 Å². The van der Waals surface area contributed by atoms with Crippen LogP contribution in [0.3, 0.4) is 0 Å². The summed E-state index contributed by atoms with van der Waals surface area (Å²) in [6.45, 7) is -1.04. The number of hydrogen-bond acceptors (Lipinski definition) is 4. The third-order valence-corrected chi connectivity index (χ3v) is 0.591. The van der Waals surface area contributed by atoms with Gasteiger partial charge in [-0.1, -0.05) is 0 Å². The van der Waals surface area contributed by atoms with Crippen molar-refractivity contribution in [2.24, 2.45) is 0 Å². The fourth-order valence-electron chi connectivity index (χ4n) is 0.202. The van der Waals surface area contributed by atoms with Gasteiger partial charge in [0.2, 0.25) is 5.90 Å². The fraction of sp³-hybridized carbons (Fsp3) is 0.500. The molecule has 0 atom stereocenters. The van der Waals surface area contributed by atoms with Gasteiger partial charge in [0.25, 0.3) is 0 Å². The zero-order valence-electron chi connectivity index (χ0n) is 5.10. The van der Waals surface area contributed by atoms with E-state index < -0.39 is 24.7 Å². The van der Waals surface area contributed by atoms with Crippen LogP contribution in [0.5, 0.6) is 0 Å². The van der Waals surface area contributed by atoms with E-state index in [-0.39, 0.29) is 0 Å². The molecule has 0 bridgehead atoms. The van der Waals surface area contributed by atoms with Crippen molar-refractivity contribution in [2.45, 2.75) is 6.18 Å². The van der Waals surface area contributed by atoms with E-state index in [9.17, 15) is 18.0 Å². The first kappa shape index (κ1) is 9.89. The summed E-state index contributed by atoms with van der Waals surface area (Å²) in [4.78, 5) is 9.83. The van der Waals surface area contributed by atoms with Crippen molar-refractivity contribution >= 4 is 11.9 Å². The number of halogens is 3. The van der Waals surface area contributed by atoms with Gasteiger partial charge < -0.3 is 9.84 Å². The second-order valence-electron chi connectivity index (χ2n) is 1.47. The number of carbonyl (C=O) groups excluding carboxylic acids is 1. The maximum atomic E-state index is 11.3. The Labute approximate surface area is 59.1 Å². The zero-order chi connectivity index (χ0) is 9.07. The Kier molecular flexibility index (Phi) is 2.99. The van der Waals surface area contributed by atoms with Crippen molar-refractivity contribution in [1.82, 2.24) is 0 Å². The molecule has 0 amide bonds. The van der Waals surface area contributed by atoms with Gasteiger partial charge >= 0.3 is 12.1 Å². The van der Waals surface area contributed by atoms with Crippen LogP contribution in [-0.2, 0) is 9.53 Å². The van der Waals surface area contributed by atoms with Crippen LogP contribution in [0.2, 0.25) is 0 Å². The topological polar surface area (TPSA) is 70.4 Å². The van der Waals surface area contributed by atoms with Crippen LogP contribution in [0.4, 0.5) is 13.2 Å². The summed E-state index contributed by atoms with van der Waals surface area (Å²) >= 11 is 0. The first-order valence-corrected chi connectivity index (χ1v) is 2.35. The van der Waals surface area contributed by atoms with Gasteiger partial charge in [0.1, 0.15) is 6.61 Å². The van der Waals surface area contributed by atoms with Crippen LogP contribution in [0.15, 0.2) is 0 Å². The van der Waals surface area contributed by atoms with Crippen molar-refractivity contribution < 1.29 is 27.8 Å². The normalized spacial score (nSPS) is 10.9. The van der Waals surface area contributed by atoms with E-state index in [1.165, 1.54) is 0 Å². The highest BCUT2D eigenvalue weighted by atomic mass is 19.4. The highest BCUT2D eigenvalue weighted by molar-refractivity contribution is 5.90. The van der Waals surface area contributed by atoms with E-state index in [1.54, 1.807) is 0 Å². The van der Waals surface area contributed by atoms with Gasteiger partial charge in [0.05, 0.1) is 0 Å². The molecule has 2 N–H and O–H groups in total. The first-order chi connectivity index (χ1) is 4.88. The number of esters is 1. The fourth-order valence-corrected chi connectivity index (χ4v) is 0.202. The number of aliphatic hydroxyl groups is 1. The van der Waals surface area contributed by atoms with Crippen LogP contribution in [0.1, 0.15) is 0 Å². The Hall–Kier alpha value is -1.11. The molecule has 0 aliphatic rings. The van der Waals surface area contributed by atoms with Crippen molar-refractivity contribution in [1.29, 1.82) is 5.41 Å². The molecule has 64 valence electrons. The Morgan fingerprint density at radius 2 is 2.00 bits per heavy atom. The van der Waals surface area contributed by atoms with Gasteiger partial charge in [-0.15, -0.1) is 0 Å². The molecular formula is C4H4F3NO3. The molecule has 0 unspecified atom stereocenters. The van der Waals surface area contributed by atoms with E-state index in [0.29, 0.717) is 0 Å². The quantitative estimate of drug-likeness (QED) is 0.333. The Balaban J connectivity index is 3.99. The molecule has 0 aromatic heterocycles. The molecule has 0 aromatic rings. The van der Waals surface area contributed by atoms with Crippen molar-refractivity contribution in [2.75, 3.05) is 6.61 Å². The zero-order valence-corrected chi connectivity index (χ0v) is 5.10.